The summed E-state index contributed by atoms with van der Waals surface area (Å²) in [5.74, 6) is -0.592. The van der Waals surface area contributed by atoms with Gasteiger partial charge in [-0.15, -0.1) is 11.3 Å². The van der Waals surface area contributed by atoms with Gasteiger partial charge in [0, 0.05) is 17.0 Å². The predicted octanol–water partition coefficient (Wildman–Crippen LogP) is 5.91. The Labute approximate surface area is 179 Å². The number of esters is 1. The number of hydrogen-bond donors (Lipinski definition) is 0. The minimum atomic E-state index is -4.47. The molecule has 0 atom stereocenters. The average Bonchev–Trinajstić information content (AvgIpc) is 3.13. The molecule has 0 spiro atoms. The van der Waals surface area contributed by atoms with E-state index in [0.29, 0.717) is 27.0 Å². The molecule has 2 aromatic carbocycles. The number of ether oxygens (including phenoxy) is 1. The highest BCUT2D eigenvalue weighted by Gasteiger charge is 2.30. The van der Waals surface area contributed by atoms with Crippen LogP contribution in [0.2, 0.25) is 0 Å². The lowest BCUT2D eigenvalue weighted by molar-refractivity contribution is -0.137. The number of halogens is 3. The number of fused-ring (bicyclic) bond motifs is 1. The molecule has 0 aliphatic carbocycles. The zero-order valence-corrected chi connectivity index (χ0v) is 17.1. The molecule has 0 fully saturated rings. The standard InChI is InChI=1S/C23H16F3NO3S/c1-2-30-22(29)20-19(14-8-10-15(11-9-14)23(24,25)26)17-12-13-18(28)27(21(17)31-20)16-6-4-3-5-7-16/h3-13H,2H2,1H3. The van der Waals surface area contributed by atoms with Crippen molar-refractivity contribution < 1.29 is 22.7 Å². The summed E-state index contributed by atoms with van der Waals surface area (Å²) in [7, 11) is 0. The van der Waals surface area contributed by atoms with E-state index >= 15 is 0 Å². The number of benzene rings is 2. The van der Waals surface area contributed by atoms with Gasteiger partial charge in [-0.3, -0.25) is 9.36 Å². The number of thiophene rings is 1. The van der Waals surface area contributed by atoms with Crippen LogP contribution in [0.4, 0.5) is 13.2 Å². The SMILES string of the molecule is CCOC(=O)c1sc2c(ccc(=O)n2-c2ccccc2)c1-c1ccc(C(F)(F)F)cc1. The minimum Gasteiger partial charge on any atom is -0.462 e. The Kier molecular flexibility index (Phi) is 5.41. The van der Waals surface area contributed by atoms with Gasteiger partial charge in [0.2, 0.25) is 0 Å². The Morgan fingerprint density at radius 3 is 2.29 bits per heavy atom. The topological polar surface area (TPSA) is 48.3 Å². The highest BCUT2D eigenvalue weighted by molar-refractivity contribution is 7.21. The molecule has 2 aromatic heterocycles. The maximum absolute atomic E-state index is 13.0. The first-order valence-electron chi connectivity index (χ1n) is 9.40. The smallest absolute Gasteiger partial charge is 0.416 e. The van der Waals surface area contributed by atoms with E-state index in [0.717, 1.165) is 23.5 Å². The molecule has 0 saturated heterocycles. The third-order valence-electron chi connectivity index (χ3n) is 4.72. The van der Waals surface area contributed by atoms with Gasteiger partial charge in [0.05, 0.1) is 17.9 Å². The van der Waals surface area contributed by atoms with Crippen LogP contribution >= 0.6 is 11.3 Å². The van der Waals surface area contributed by atoms with Gasteiger partial charge < -0.3 is 4.74 Å². The van der Waals surface area contributed by atoms with Gasteiger partial charge in [-0.25, -0.2) is 4.79 Å². The van der Waals surface area contributed by atoms with Gasteiger partial charge in [-0.2, -0.15) is 13.2 Å². The highest BCUT2D eigenvalue weighted by atomic mass is 32.1. The van der Waals surface area contributed by atoms with Crippen molar-refractivity contribution in [2.45, 2.75) is 13.1 Å². The maximum atomic E-state index is 13.0. The molecule has 2 heterocycles. The summed E-state index contributed by atoms with van der Waals surface area (Å²) in [5.41, 5.74) is 0.426. The number of pyridine rings is 1. The van der Waals surface area contributed by atoms with E-state index in [9.17, 15) is 22.8 Å². The molecular weight excluding hydrogens is 427 g/mol. The third kappa shape index (κ3) is 3.86. The van der Waals surface area contributed by atoms with Crippen LogP contribution in [0.1, 0.15) is 22.2 Å². The van der Waals surface area contributed by atoms with Gasteiger partial charge in [-0.05, 0) is 42.8 Å². The van der Waals surface area contributed by atoms with Gasteiger partial charge >= 0.3 is 12.1 Å². The van der Waals surface area contributed by atoms with Crippen molar-refractivity contribution in [1.82, 2.24) is 4.57 Å². The van der Waals surface area contributed by atoms with Crippen molar-refractivity contribution in [3.63, 3.8) is 0 Å². The Hall–Kier alpha value is -3.39. The summed E-state index contributed by atoms with van der Waals surface area (Å²) in [6.07, 6.45) is -4.47. The molecule has 0 aliphatic rings. The van der Waals surface area contributed by atoms with E-state index in [1.165, 1.54) is 22.8 Å². The zero-order chi connectivity index (χ0) is 22.2. The molecule has 158 valence electrons. The van der Waals surface area contributed by atoms with E-state index in [1.54, 1.807) is 37.3 Å². The number of nitrogens with zero attached hydrogens (tertiary/aromatic N) is 1. The Bertz CT molecular complexity index is 1310. The lowest BCUT2D eigenvalue weighted by Gasteiger charge is -2.09. The van der Waals surface area contributed by atoms with E-state index in [1.807, 2.05) is 6.07 Å². The van der Waals surface area contributed by atoms with Crippen molar-refractivity contribution in [3.05, 3.63) is 87.5 Å². The number of hydrogen-bond acceptors (Lipinski definition) is 4. The Balaban J connectivity index is 2.01. The first-order chi connectivity index (χ1) is 14.8. The quantitative estimate of drug-likeness (QED) is 0.368. The largest absolute Gasteiger partial charge is 0.462 e. The first-order valence-corrected chi connectivity index (χ1v) is 10.2. The molecule has 0 unspecified atom stereocenters. The second kappa shape index (κ2) is 8.03. The predicted molar refractivity (Wildman–Crippen MR) is 114 cm³/mol. The number of carbonyl (C=O) groups is 1. The van der Waals surface area contributed by atoms with Crippen molar-refractivity contribution in [2.24, 2.45) is 0 Å². The zero-order valence-electron chi connectivity index (χ0n) is 16.3. The first kappa shape index (κ1) is 20.9. The summed E-state index contributed by atoms with van der Waals surface area (Å²) >= 11 is 1.08. The molecule has 31 heavy (non-hydrogen) atoms. The van der Waals surface area contributed by atoms with E-state index in [-0.39, 0.29) is 17.0 Å². The second-order valence-corrected chi connectivity index (χ2v) is 7.66. The molecule has 0 saturated carbocycles. The van der Waals surface area contributed by atoms with Gasteiger partial charge in [0.1, 0.15) is 9.71 Å². The number of rotatable bonds is 4. The third-order valence-corrected chi connectivity index (χ3v) is 5.89. The van der Waals surface area contributed by atoms with Crippen molar-refractivity contribution >= 4 is 27.5 Å². The summed E-state index contributed by atoms with van der Waals surface area (Å²) in [6.45, 7) is 1.81. The number of alkyl halides is 3. The Morgan fingerprint density at radius 2 is 1.68 bits per heavy atom. The number of aromatic nitrogens is 1. The molecule has 4 rings (SSSR count). The average molecular weight is 443 g/mol. The number of para-hydroxylation sites is 1. The second-order valence-electron chi connectivity index (χ2n) is 6.66. The molecule has 8 heteroatoms. The number of carbonyl (C=O) groups excluding carboxylic acids is 1. The molecule has 0 N–H and O–H groups in total. The van der Waals surface area contributed by atoms with E-state index in [2.05, 4.69) is 0 Å². The molecule has 4 aromatic rings. The molecule has 0 aliphatic heterocycles. The Morgan fingerprint density at radius 1 is 1.00 bits per heavy atom. The molecule has 0 bridgehead atoms. The fraction of sp³-hybridized carbons (Fsp3) is 0.130. The summed E-state index contributed by atoms with van der Waals surface area (Å²) in [5, 5.41) is 0.580. The van der Waals surface area contributed by atoms with Crippen molar-refractivity contribution in [3.8, 4) is 16.8 Å². The van der Waals surface area contributed by atoms with Crippen molar-refractivity contribution in [1.29, 1.82) is 0 Å². The van der Waals surface area contributed by atoms with Crippen molar-refractivity contribution in [2.75, 3.05) is 6.61 Å². The van der Waals surface area contributed by atoms with Crippen LogP contribution in [0.25, 0.3) is 27.0 Å². The summed E-state index contributed by atoms with van der Waals surface area (Å²) in [4.78, 5) is 26.1. The van der Waals surface area contributed by atoms with Crippen LogP contribution in [0.3, 0.4) is 0 Å². The van der Waals surface area contributed by atoms with Crippen LogP contribution in [0, 0.1) is 0 Å². The van der Waals surface area contributed by atoms with Crippen LogP contribution in [-0.4, -0.2) is 17.1 Å². The molecule has 0 amide bonds. The monoisotopic (exact) mass is 443 g/mol. The lowest BCUT2D eigenvalue weighted by atomic mass is 10.0. The van der Waals surface area contributed by atoms with Crippen LogP contribution in [-0.2, 0) is 10.9 Å². The van der Waals surface area contributed by atoms with Gasteiger partial charge in [0.15, 0.2) is 0 Å². The van der Waals surface area contributed by atoms with Crippen LogP contribution in [0.15, 0.2) is 71.5 Å². The van der Waals surface area contributed by atoms with Gasteiger partial charge in [-0.1, -0.05) is 30.3 Å². The normalized spacial score (nSPS) is 11.6. The molecular formula is C23H16F3NO3S. The highest BCUT2D eigenvalue weighted by Crippen LogP contribution is 2.40. The van der Waals surface area contributed by atoms with Gasteiger partial charge in [0.25, 0.3) is 5.56 Å². The fourth-order valence-electron chi connectivity index (χ4n) is 3.36. The van der Waals surface area contributed by atoms with Crippen LogP contribution in [0.5, 0.6) is 0 Å². The minimum absolute atomic E-state index is 0.144. The fourth-order valence-corrected chi connectivity index (χ4v) is 4.59. The van der Waals surface area contributed by atoms with Crippen LogP contribution < -0.4 is 5.56 Å². The van der Waals surface area contributed by atoms with E-state index < -0.39 is 17.7 Å². The summed E-state index contributed by atoms with van der Waals surface area (Å²) in [6, 6.07) is 16.5. The van der Waals surface area contributed by atoms with E-state index in [4.69, 9.17) is 4.74 Å². The molecule has 0 radical (unpaired) electrons. The molecule has 4 nitrogen and oxygen atoms in total. The maximum Gasteiger partial charge on any atom is 0.416 e. The lowest BCUT2D eigenvalue weighted by Crippen LogP contribution is -2.16. The summed E-state index contributed by atoms with van der Waals surface area (Å²) < 4.78 is 45.7.